The van der Waals surface area contributed by atoms with Crippen LogP contribution >= 0.6 is 0 Å². The largest absolute Gasteiger partial charge is 0.308 e. The number of alkyl halides is 2. The first-order chi connectivity index (χ1) is 17.3. The molecule has 0 aliphatic heterocycles. The summed E-state index contributed by atoms with van der Waals surface area (Å²) in [4.78, 5) is 17.4. The molecule has 11 heteroatoms. The van der Waals surface area contributed by atoms with E-state index in [1.165, 1.54) is 16.3 Å². The molecule has 0 radical (unpaired) electrons. The van der Waals surface area contributed by atoms with Gasteiger partial charge in [0.2, 0.25) is 5.91 Å². The fraction of sp³-hybridized carbons (Fsp3) is 0.240. The summed E-state index contributed by atoms with van der Waals surface area (Å²) in [5.74, 6) is -0.00950. The highest BCUT2D eigenvalue weighted by atomic mass is 19.3. The topological polar surface area (TPSA) is 95.5 Å². The van der Waals surface area contributed by atoms with Crippen molar-refractivity contribution >= 4 is 22.8 Å². The lowest BCUT2D eigenvalue weighted by Crippen LogP contribution is -2.20. The van der Waals surface area contributed by atoms with Gasteiger partial charge in [0.05, 0.1) is 29.5 Å². The number of halogens is 2. The molecule has 0 aliphatic rings. The van der Waals surface area contributed by atoms with E-state index in [9.17, 15) is 13.6 Å². The van der Waals surface area contributed by atoms with Crippen molar-refractivity contribution in [2.45, 2.75) is 33.4 Å². The number of nitrogens with one attached hydrogen (secondary N) is 1. The third kappa shape index (κ3) is 4.72. The average Bonchev–Trinajstić information content (AvgIpc) is 3.54. The number of aromatic nitrogens is 7. The van der Waals surface area contributed by atoms with Gasteiger partial charge in [-0.2, -0.15) is 15.3 Å². The highest BCUT2D eigenvalue weighted by Gasteiger charge is 2.22. The van der Waals surface area contributed by atoms with Gasteiger partial charge in [0.25, 0.3) is 6.43 Å². The zero-order valence-corrected chi connectivity index (χ0v) is 20.0. The lowest BCUT2D eigenvalue weighted by molar-refractivity contribution is -0.116. The number of hydrogen-bond donors (Lipinski definition) is 1. The Morgan fingerprint density at radius 2 is 1.89 bits per heavy atom. The Bertz CT molecular complexity index is 1550. The van der Waals surface area contributed by atoms with Gasteiger partial charge in [0.1, 0.15) is 6.54 Å². The van der Waals surface area contributed by atoms with Crippen LogP contribution in [0.5, 0.6) is 0 Å². The van der Waals surface area contributed by atoms with Crippen LogP contribution in [0.15, 0.2) is 55.0 Å². The molecule has 0 atom stereocenters. The standard InChI is InChI=1S/C25H24F2N8O/c1-15-4-6-17(7-5-15)12-34-9-8-21(32-34)30-22(36)14-35-25-23(16(2)31-35)19(24(26)27)10-20(29-25)18-11-28-33(3)13-18/h4-11,13,24H,12,14H2,1-3H3,(H,30,32,36). The van der Waals surface area contributed by atoms with E-state index in [4.69, 9.17) is 0 Å². The van der Waals surface area contributed by atoms with Crippen molar-refractivity contribution in [3.63, 3.8) is 0 Å². The minimum absolute atomic E-state index is 0.183. The molecule has 1 aromatic carbocycles. The number of carbonyl (C=O) groups excluding carboxylic acids is 1. The molecule has 0 saturated heterocycles. The Morgan fingerprint density at radius 3 is 2.58 bits per heavy atom. The second-order valence-corrected chi connectivity index (χ2v) is 8.67. The smallest absolute Gasteiger partial charge is 0.264 e. The van der Waals surface area contributed by atoms with Crippen LogP contribution in [0.2, 0.25) is 0 Å². The molecule has 9 nitrogen and oxygen atoms in total. The maximum Gasteiger partial charge on any atom is 0.264 e. The van der Waals surface area contributed by atoms with Crippen molar-refractivity contribution in [1.29, 1.82) is 0 Å². The van der Waals surface area contributed by atoms with Crippen LogP contribution < -0.4 is 5.32 Å². The van der Waals surface area contributed by atoms with Gasteiger partial charge in [-0.05, 0) is 25.5 Å². The lowest BCUT2D eigenvalue weighted by Gasteiger charge is -2.08. The SMILES string of the molecule is Cc1ccc(Cn2ccc(NC(=O)Cn3nc(C)c4c(C(F)F)cc(-c5cnn(C)c5)nc43)n2)cc1. The van der Waals surface area contributed by atoms with E-state index in [2.05, 4.69) is 25.6 Å². The Kier molecular flexibility index (Phi) is 6.05. The van der Waals surface area contributed by atoms with Crippen LogP contribution in [0.25, 0.3) is 22.3 Å². The molecule has 0 aliphatic carbocycles. The van der Waals surface area contributed by atoms with E-state index in [1.54, 1.807) is 48.0 Å². The number of rotatable bonds is 7. The maximum absolute atomic E-state index is 13.9. The summed E-state index contributed by atoms with van der Waals surface area (Å²) in [6.45, 7) is 4.01. The van der Waals surface area contributed by atoms with Gasteiger partial charge in [-0.25, -0.2) is 18.4 Å². The van der Waals surface area contributed by atoms with Gasteiger partial charge in [-0.3, -0.25) is 14.2 Å². The number of hydrogen-bond acceptors (Lipinski definition) is 5. The molecule has 0 unspecified atom stereocenters. The van der Waals surface area contributed by atoms with Crippen LogP contribution in [0.3, 0.4) is 0 Å². The minimum atomic E-state index is -2.73. The minimum Gasteiger partial charge on any atom is -0.308 e. The second-order valence-electron chi connectivity index (χ2n) is 8.67. The molecule has 36 heavy (non-hydrogen) atoms. The van der Waals surface area contributed by atoms with Gasteiger partial charge >= 0.3 is 0 Å². The normalized spacial score (nSPS) is 11.5. The summed E-state index contributed by atoms with van der Waals surface area (Å²) >= 11 is 0. The number of benzene rings is 1. The molecular formula is C25H24F2N8O. The van der Waals surface area contributed by atoms with Crippen molar-refractivity contribution in [3.8, 4) is 11.3 Å². The quantitative estimate of drug-likeness (QED) is 0.368. The molecule has 0 saturated carbocycles. The second kappa shape index (κ2) is 9.33. The Morgan fingerprint density at radius 1 is 1.11 bits per heavy atom. The molecule has 184 valence electrons. The first kappa shape index (κ1) is 23.3. The summed E-state index contributed by atoms with van der Waals surface area (Å²) in [5, 5.41) is 15.8. The molecule has 1 N–H and O–H groups in total. The van der Waals surface area contributed by atoms with Crippen LogP contribution in [0, 0.1) is 13.8 Å². The Balaban J connectivity index is 1.38. The van der Waals surface area contributed by atoms with E-state index >= 15 is 0 Å². The van der Waals surface area contributed by atoms with Crippen molar-refractivity contribution in [3.05, 3.63) is 77.4 Å². The number of amides is 1. The van der Waals surface area contributed by atoms with Crippen LogP contribution in [0.4, 0.5) is 14.6 Å². The van der Waals surface area contributed by atoms with Crippen LogP contribution in [0.1, 0.15) is 28.8 Å². The fourth-order valence-electron chi connectivity index (χ4n) is 4.09. The molecule has 4 heterocycles. The predicted molar refractivity (Wildman–Crippen MR) is 131 cm³/mol. The summed E-state index contributed by atoms with van der Waals surface area (Å²) in [5.41, 5.74) is 3.60. The molecular weight excluding hydrogens is 466 g/mol. The molecule has 5 aromatic rings. The van der Waals surface area contributed by atoms with E-state index in [1.807, 2.05) is 31.2 Å². The summed E-state index contributed by atoms with van der Waals surface area (Å²) < 4.78 is 32.5. The first-order valence-electron chi connectivity index (χ1n) is 11.3. The average molecular weight is 491 g/mol. The van der Waals surface area contributed by atoms with Gasteiger partial charge in [0, 0.05) is 36.6 Å². The zero-order valence-electron chi connectivity index (χ0n) is 20.0. The van der Waals surface area contributed by atoms with Crippen molar-refractivity contribution in [1.82, 2.24) is 34.3 Å². The number of aryl methyl sites for hydroxylation is 3. The van der Waals surface area contributed by atoms with E-state index in [-0.39, 0.29) is 23.1 Å². The summed E-state index contributed by atoms with van der Waals surface area (Å²) in [6, 6.07) is 11.2. The van der Waals surface area contributed by atoms with Gasteiger partial charge < -0.3 is 5.32 Å². The van der Waals surface area contributed by atoms with E-state index in [0.717, 1.165) is 5.56 Å². The molecule has 0 bridgehead atoms. The first-order valence-corrected chi connectivity index (χ1v) is 11.3. The van der Waals surface area contributed by atoms with E-state index in [0.29, 0.717) is 29.3 Å². The molecule has 4 aromatic heterocycles. The molecule has 5 rings (SSSR count). The van der Waals surface area contributed by atoms with Gasteiger partial charge in [0.15, 0.2) is 11.5 Å². The Hall–Kier alpha value is -4.41. The third-order valence-electron chi connectivity index (χ3n) is 5.81. The monoisotopic (exact) mass is 490 g/mol. The number of anilines is 1. The number of carbonyl (C=O) groups is 1. The summed E-state index contributed by atoms with van der Waals surface area (Å²) in [6.07, 6.45) is 2.29. The van der Waals surface area contributed by atoms with Gasteiger partial charge in [-0.15, -0.1) is 0 Å². The fourth-order valence-corrected chi connectivity index (χ4v) is 4.09. The van der Waals surface area contributed by atoms with Crippen molar-refractivity contribution in [2.75, 3.05) is 5.32 Å². The van der Waals surface area contributed by atoms with Crippen LogP contribution in [-0.2, 0) is 24.9 Å². The predicted octanol–water partition coefficient (Wildman–Crippen LogP) is 4.27. The molecule has 1 amide bonds. The highest BCUT2D eigenvalue weighted by molar-refractivity contribution is 5.91. The number of pyridine rings is 1. The maximum atomic E-state index is 13.9. The molecule has 0 spiro atoms. The lowest BCUT2D eigenvalue weighted by atomic mass is 10.1. The van der Waals surface area contributed by atoms with Crippen LogP contribution in [-0.4, -0.2) is 40.2 Å². The highest BCUT2D eigenvalue weighted by Crippen LogP contribution is 2.33. The third-order valence-corrected chi connectivity index (χ3v) is 5.81. The zero-order chi connectivity index (χ0) is 25.4. The number of nitrogens with zero attached hydrogens (tertiary/aromatic N) is 7. The Labute approximate surface area is 205 Å². The van der Waals surface area contributed by atoms with Crippen molar-refractivity contribution in [2.24, 2.45) is 7.05 Å². The number of fused-ring (bicyclic) bond motifs is 1. The van der Waals surface area contributed by atoms with Crippen molar-refractivity contribution < 1.29 is 13.6 Å². The molecule has 0 fully saturated rings. The summed E-state index contributed by atoms with van der Waals surface area (Å²) in [7, 11) is 1.73. The van der Waals surface area contributed by atoms with Gasteiger partial charge in [-0.1, -0.05) is 29.8 Å². The van der Waals surface area contributed by atoms with E-state index < -0.39 is 12.3 Å².